The van der Waals surface area contributed by atoms with Gasteiger partial charge in [0.15, 0.2) is 6.23 Å². The van der Waals surface area contributed by atoms with Crippen LogP contribution in [0.2, 0.25) is 0 Å². The van der Waals surface area contributed by atoms with Crippen molar-refractivity contribution in [1.29, 1.82) is 0 Å². The fourth-order valence-electron chi connectivity index (χ4n) is 2.59. The molecule has 102 valence electrons. The van der Waals surface area contributed by atoms with E-state index in [1.165, 1.54) is 0 Å². The van der Waals surface area contributed by atoms with E-state index in [-0.39, 0.29) is 0 Å². The van der Waals surface area contributed by atoms with Gasteiger partial charge in [0.2, 0.25) is 0 Å². The highest BCUT2D eigenvalue weighted by molar-refractivity contribution is 5.80. The summed E-state index contributed by atoms with van der Waals surface area (Å²) in [7, 11) is 0. The predicted octanol–water partition coefficient (Wildman–Crippen LogP) is 0.641. The van der Waals surface area contributed by atoms with Crippen molar-refractivity contribution in [2.24, 2.45) is 0 Å². The Bertz CT molecular complexity index is 582. The molecular weight excluding hydrogens is 246 g/mol. The lowest BCUT2D eigenvalue weighted by molar-refractivity contribution is -0.239. The van der Waals surface area contributed by atoms with Gasteiger partial charge in [0.1, 0.15) is 18.3 Å². The average Bonchev–Trinajstić information content (AvgIpc) is 2.84. The molecular formula is C14H17NO4. The fourth-order valence-corrected chi connectivity index (χ4v) is 2.59. The van der Waals surface area contributed by atoms with Gasteiger partial charge in [0.05, 0.1) is 11.6 Å². The lowest BCUT2D eigenvalue weighted by atomic mass is 9.99. The van der Waals surface area contributed by atoms with Crippen molar-refractivity contribution in [3.05, 3.63) is 36.5 Å². The maximum atomic E-state index is 10.1. The number of aliphatic hydroxyl groups excluding tert-OH is 3. The number of aromatic nitrogens is 1. The van der Waals surface area contributed by atoms with Crippen LogP contribution in [-0.2, 0) is 4.74 Å². The Morgan fingerprint density at radius 1 is 1.00 bits per heavy atom. The van der Waals surface area contributed by atoms with E-state index < -0.39 is 30.6 Å². The molecule has 2 aromatic rings. The molecule has 1 fully saturated rings. The summed E-state index contributed by atoms with van der Waals surface area (Å²) < 4.78 is 7.42. The summed E-state index contributed by atoms with van der Waals surface area (Å²) in [5.41, 5.74) is 0.919. The van der Waals surface area contributed by atoms with Crippen LogP contribution in [0.15, 0.2) is 36.5 Å². The van der Waals surface area contributed by atoms with E-state index in [4.69, 9.17) is 4.74 Å². The Hall–Kier alpha value is -1.40. The summed E-state index contributed by atoms with van der Waals surface area (Å²) in [6.07, 6.45) is -2.88. The first-order valence-corrected chi connectivity index (χ1v) is 6.35. The van der Waals surface area contributed by atoms with Crippen molar-refractivity contribution in [1.82, 2.24) is 4.57 Å². The van der Waals surface area contributed by atoms with E-state index in [0.29, 0.717) is 0 Å². The van der Waals surface area contributed by atoms with E-state index in [2.05, 4.69) is 0 Å². The molecule has 3 N–H and O–H groups in total. The zero-order valence-corrected chi connectivity index (χ0v) is 10.5. The molecule has 5 heteroatoms. The molecule has 5 atom stereocenters. The van der Waals surface area contributed by atoms with E-state index >= 15 is 0 Å². The van der Waals surface area contributed by atoms with Crippen LogP contribution in [0.5, 0.6) is 0 Å². The quantitative estimate of drug-likeness (QED) is 0.706. The van der Waals surface area contributed by atoms with Crippen molar-refractivity contribution in [2.45, 2.75) is 37.6 Å². The number of para-hydroxylation sites is 1. The molecule has 0 bridgehead atoms. The van der Waals surface area contributed by atoms with Crippen LogP contribution in [0.1, 0.15) is 13.2 Å². The summed E-state index contributed by atoms with van der Waals surface area (Å²) in [5, 5.41) is 30.7. The van der Waals surface area contributed by atoms with Crippen LogP contribution in [0.25, 0.3) is 10.9 Å². The third-order valence-corrected chi connectivity index (χ3v) is 3.73. The Kier molecular flexibility index (Phi) is 3.06. The minimum Gasteiger partial charge on any atom is -0.388 e. The third-order valence-electron chi connectivity index (χ3n) is 3.73. The normalized spacial score (nSPS) is 35.7. The largest absolute Gasteiger partial charge is 0.388 e. The predicted molar refractivity (Wildman–Crippen MR) is 69.5 cm³/mol. The molecule has 1 aromatic heterocycles. The Morgan fingerprint density at radius 2 is 1.74 bits per heavy atom. The highest BCUT2D eigenvalue weighted by Crippen LogP contribution is 2.31. The summed E-state index contributed by atoms with van der Waals surface area (Å²) in [5.74, 6) is 0. The number of rotatable bonds is 1. The maximum absolute atomic E-state index is 10.1. The first kappa shape index (κ1) is 12.6. The van der Waals surface area contributed by atoms with Crippen LogP contribution in [-0.4, -0.2) is 44.3 Å². The molecule has 0 aliphatic carbocycles. The molecule has 5 nitrogen and oxygen atoms in total. The van der Waals surface area contributed by atoms with Gasteiger partial charge in [-0.1, -0.05) is 18.2 Å². The van der Waals surface area contributed by atoms with Crippen molar-refractivity contribution >= 4 is 10.9 Å². The SMILES string of the molecule is C[C@@H]1O[C@H](n2ccc3ccccc32)[C@H](O)[C@H](O)[C@H]1O. The van der Waals surface area contributed by atoms with E-state index in [1.807, 2.05) is 36.5 Å². The molecule has 1 aliphatic rings. The van der Waals surface area contributed by atoms with Crippen LogP contribution in [0.4, 0.5) is 0 Å². The number of hydrogen-bond acceptors (Lipinski definition) is 4. The first-order chi connectivity index (χ1) is 9.09. The highest BCUT2D eigenvalue weighted by Gasteiger charge is 2.42. The van der Waals surface area contributed by atoms with Gasteiger partial charge in [0.25, 0.3) is 0 Å². The first-order valence-electron chi connectivity index (χ1n) is 6.35. The van der Waals surface area contributed by atoms with Gasteiger partial charge >= 0.3 is 0 Å². The number of fused-ring (bicyclic) bond motifs is 1. The topological polar surface area (TPSA) is 74.9 Å². The summed E-state index contributed by atoms with van der Waals surface area (Å²) in [6, 6.07) is 9.66. The lowest BCUT2D eigenvalue weighted by Gasteiger charge is -2.40. The second kappa shape index (κ2) is 4.61. The van der Waals surface area contributed by atoms with Crippen LogP contribution >= 0.6 is 0 Å². The molecule has 19 heavy (non-hydrogen) atoms. The van der Waals surface area contributed by atoms with Gasteiger partial charge in [-0.2, -0.15) is 0 Å². The van der Waals surface area contributed by atoms with Gasteiger partial charge in [-0.05, 0) is 24.4 Å². The van der Waals surface area contributed by atoms with Crippen LogP contribution in [0.3, 0.4) is 0 Å². The minimum atomic E-state index is -1.21. The van der Waals surface area contributed by atoms with Crippen molar-refractivity contribution in [3.8, 4) is 0 Å². The molecule has 0 radical (unpaired) electrons. The molecule has 1 aromatic carbocycles. The minimum absolute atomic E-state index is 0.537. The van der Waals surface area contributed by atoms with Gasteiger partial charge in [0, 0.05) is 6.20 Å². The zero-order valence-electron chi connectivity index (χ0n) is 10.5. The molecule has 1 aliphatic heterocycles. The van der Waals surface area contributed by atoms with Crippen molar-refractivity contribution in [3.63, 3.8) is 0 Å². The fraction of sp³-hybridized carbons (Fsp3) is 0.429. The summed E-state index contributed by atoms with van der Waals surface area (Å²) in [4.78, 5) is 0. The number of benzene rings is 1. The third kappa shape index (κ3) is 1.95. The highest BCUT2D eigenvalue weighted by atomic mass is 16.5. The molecule has 2 heterocycles. The van der Waals surface area contributed by atoms with E-state index in [1.54, 1.807) is 11.5 Å². The van der Waals surface area contributed by atoms with Gasteiger partial charge in [-0.25, -0.2) is 0 Å². The number of hydrogen-bond donors (Lipinski definition) is 3. The molecule has 1 saturated heterocycles. The lowest BCUT2D eigenvalue weighted by Crippen LogP contribution is -2.54. The van der Waals surface area contributed by atoms with Crippen LogP contribution < -0.4 is 0 Å². The molecule has 0 unspecified atom stereocenters. The standard InChI is InChI=1S/C14H17NO4/c1-8-11(16)12(17)13(18)14(19-8)15-7-6-9-4-2-3-5-10(9)15/h2-8,11-14,16-18H,1H3/t8-,11-,12+,13+,14-/m0/s1. The molecule has 0 spiro atoms. The zero-order chi connectivity index (χ0) is 13.6. The van der Waals surface area contributed by atoms with E-state index in [9.17, 15) is 15.3 Å². The van der Waals surface area contributed by atoms with E-state index in [0.717, 1.165) is 10.9 Å². The van der Waals surface area contributed by atoms with Gasteiger partial charge in [-0.3, -0.25) is 0 Å². The monoisotopic (exact) mass is 263 g/mol. The van der Waals surface area contributed by atoms with Crippen molar-refractivity contribution in [2.75, 3.05) is 0 Å². The Labute approximate surface area is 110 Å². The second-order valence-electron chi connectivity index (χ2n) is 4.99. The number of nitrogens with zero attached hydrogens (tertiary/aromatic N) is 1. The second-order valence-corrected chi connectivity index (χ2v) is 4.99. The summed E-state index contributed by atoms with van der Waals surface area (Å²) >= 11 is 0. The number of aliphatic hydroxyl groups is 3. The molecule has 0 amide bonds. The Morgan fingerprint density at radius 3 is 2.53 bits per heavy atom. The van der Waals surface area contributed by atoms with Gasteiger partial charge < -0.3 is 24.6 Å². The van der Waals surface area contributed by atoms with Crippen LogP contribution in [0, 0.1) is 0 Å². The Balaban J connectivity index is 2.01. The van der Waals surface area contributed by atoms with Crippen molar-refractivity contribution < 1.29 is 20.1 Å². The molecule has 3 rings (SSSR count). The number of ether oxygens (including phenoxy) is 1. The average molecular weight is 263 g/mol. The smallest absolute Gasteiger partial charge is 0.163 e. The molecule has 0 saturated carbocycles. The van der Waals surface area contributed by atoms with Gasteiger partial charge in [-0.15, -0.1) is 0 Å². The maximum Gasteiger partial charge on any atom is 0.163 e. The summed E-state index contributed by atoms with van der Waals surface area (Å²) in [6.45, 7) is 1.68.